The number of hydrogen-bond donors (Lipinski definition) is 1. The summed E-state index contributed by atoms with van der Waals surface area (Å²) in [5.41, 5.74) is 1.28. The normalized spacial score (nSPS) is 10.0. The van der Waals surface area contributed by atoms with Crippen LogP contribution < -0.4 is 14.8 Å². The summed E-state index contributed by atoms with van der Waals surface area (Å²) in [7, 11) is 0. The van der Waals surface area contributed by atoms with Crippen LogP contribution >= 0.6 is 0 Å². The molecule has 7 heteroatoms. The summed E-state index contributed by atoms with van der Waals surface area (Å²) < 4.78 is 11.5. The van der Waals surface area contributed by atoms with E-state index in [4.69, 9.17) is 14.7 Å². The molecule has 29 heavy (non-hydrogen) atoms. The predicted octanol–water partition coefficient (Wildman–Crippen LogP) is 5.07. The maximum absolute atomic E-state index is 8.93. The van der Waals surface area contributed by atoms with Gasteiger partial charge in [-0.05, 0) is 48.5 Å². The van der Waals surface area contributed by atoms with E-state index in [1.54, 1.807) is 48.5 Å². The molecule has 0 atom stereocenters. The van der Waals surface area contributed by atoms with E-state index in [1.807, 2.05) is 36.4 Å². The molecule has 1 N–H and O–H groups in total. The number of ether oxygens (including phenoxy) is 2. The minimum Gasteiger partial charge on any atom is -0.424 e. The van der Waals surface area contributed by atoms with E-state index in [0.717, 1.165) is 0 Å². The molecule has 7 nitrogen and oxygen atoms in total. The number of anilines is 2. The Hall–Kier alpha value is -4.44. The van der Waals surface area contributed by atoms with Gasteiger partial charge in [-0.3, -0.25) is 0 Å². The fraction of sp³-hybridized carbons (Fsp3) is 0. The van der Waals surface area contributed by atoms with Crippen molar-refractivity contribution < 1.29 is 9.47 Å². The highest BCUT2D eigenvalue weighted by Gasteiger charge is 2.11. The fourth-order valence-corrected chi connectivity index (χ4v) is 2.43. The van der Waals surface area contributed by atoms with E-state index >= 15 is 0 Å². The Bertz CT molecular complexity index is 1070. The first-order valence-corrected chi connectivity index (χ1v) is 8.77. The molecule has 0 aliphatic carbocycles. The van der Waals surface area contributed by atoms with Crippen LogP contribution in [0.3, 0.4) is 0 Å². The second-order valence-electron chi connectivity index (χ2n) is 5.87. The summed E-state index contributed by atoms with van der Waals surface area (Å²) in [4.78, 5) is 12.9. The van der Waals surface area contributed by atoms with Gasteiger partial charge in [0.2, 0.25) is 5.95 Å². The lowest BCUT2D eigenvalue weighted by molar-refractivity contribution is 0.399. The van der Waals surface area contributed by atoms with Gasteiger partial charge in [-0.2, -0.15) is 15.2 Å². The van der Waals surface area contributed by atoms with Crippen LogP contribution in [0.25, 0.3) is 0 Å². The number of nitriles is 1. The van der Waals surface area contributed by atoms with E-state index in [9.17, 15) is 0 Å². The number of para-hydroxylation sites is 2. The maximum Gasteiger partial charge on any atom is 0.330 e. The summed E-state index contributed by atoms with van der Waals surface area (Å²) >= 11 is 0. The van der Waals surface area contributed by atoms with E-state index in [-0.39, 0.29) is 18.0 Å². The molecule has 0 saturated carbocycles. The molecule has 0 amide bonds. The van der Waals surface area contributed by atoms with Crippen molar-refractivity contribution in [1.29, 1.82) is 5.26 Å². The van der Waals surface area contributed by atoms with Crippen LogP contribution in [0.1, 0.15) is 5.56 Å². The zero-order chi connectivity index (χ0) is 19.9. The highest BCUT2D eigenvalue weighted by molar-refractivity contribution is 5.55. The molecular formula is C22H15N5O2. The number of rotatable bonds is 6. The van der Waals surface area contributed by atoms with Gasteiger partial charge < -0.3 is 14.8 Å². The Kier molecular flexibility index (Phi) is 5.26. The topological polar surface area (TPSA) is 93.0 Å². The molecule has 1 heterocycles. The molecule has 0 aliphatic rings. The Labute approximate surface area is 167 Å². The van der Waals surface area contributed by atoms with Crippen molar-refractivity contribution in [3.8, 4) is 29.6 Å². The third-order valence-corrected chi connectivity index (χ3v) is 3.77. The summed E-state index contributed by atoms with van der Waals surface area (Å²) in [5, 5.41) is 12.0. The first kappa shape index (κ1) is 17.9. The SMILES string of the molecule is N#Cc1ccc(Nc2nc(Oc3ccccc3)nc(Oc3ccccc3)n2)cc1. The largest absolute Gasteiger partial charge is 0.424 e. The number of aromatic nitrogens is 3. The van der Waals surface area contributed by atoms with Gasteiger partial charge in [0.25, 0.3) is 0 Å². The molecule has 0 fully saturated rings. The summed E-state index contributed by atoms with van der Waals surface area (Å²) in [6.07, 6.45) is 0. The molecule has 4 rings (SSSR count). The molecule has 0 spiro atoms. The molecule has 0 unspecified atom stereocenters. The molecule has 3 aromatic carbocycles. The minimum atomic E-state index is 0.0910. The number of benzene rings is 3. The lowest BCUT2D eigenvalue weighted by Gasteiger charge is -2.10. The predicted molar refractivity (Wildman–Crippen MR) is 107 cm³/mol. The number of hydrogen-bond acceptors (Lipinski definition) is 7. The molecule has 0 radical (unpaired) electrons. The van der Waals surface area contributed by atoms with Crippen molar-refractivity contribution in [2.24, 2.45) is 0 Å². The Morgan fingerprint density at radius 3 is 1.66 bits per heavy atom. The van der Waals surface area contributed by atoms with Gasteiger partial charge >= 0.3 is 12.0 Å². The van der Waals surface area contributed by atoms with Crippen LogP contribution in [0.2, 0.25) is 0 Å². The zero-order valence-electron chi connectivity index (χ0n) is 15.2. The lowest BCUT2D eigenvalue weighted by atomic mass is 10.2. The summed E-state index contributed by atoms with van der Waals surface area (Å²) in [6, 6.07) is 27.6. The number of nitrogens with zero attached hydrogens (tertiary/aromatic N) is 4. The average Bonchev–Trinajstić information content (AvgIpc) is 2.76. The van der Waals surface area contributed by atoms with E-state index < -0.39 is 0 Å². The zero-order valence-corrected chi connectivity index (χ0v) is 15.2. The Morgan fingerprint density at radius 2 is 1.17 bits per heavy atom. The second-order valence-corrected chi connectivity index (χ2v) is 5.87. The van der Waals surface area contributed by atoms with Crippen LogP contribution in [0, 0.1) is 11.3 Å². The molecule has 0 saturated heterocycles. The summed E-state index contributed by atoms with van der Waals surface area (Å²) in [6.45, 7) is 0. The van der Waals surface area contributed by atoms with Crippen molar-refractivity contribution >= 4 is 11.6 Å². The third-order valence-electron chi connectivity index (χ3n) is 3.77. The fourth-order valence-electron chi connectivity index (χ4n) is 2.43. The molecule has 1 aromatic heterocycles. The van der Waals surface area contributed by atoms with Crippen LogP contribution in [0.4, 0.5) is 11.6 Å². The van der Waals surface area contributed by atoms with Gasteiger partial charge in [0.05, 0.1) is 11.6 Å². The highest BCUT2D eigenvalue weighted by atomic mass is 16.5. The van der Waals surface area contributed by atoms with Crippen molar-refractivity contribution in [2.75, 3.05) is 5.32 Å². The quantitative estimate of drug-likeness (QED) is 0.498. The smallest absolute Gasteiger partial charge is 0.330 e. The monoisotopic (exact) mass is 381 g/mol. The van der Waals surface area contributed by atoms with Crippen LogP contribution in [-0.4, -0.2) is 15.0 Å². The van der Waals surface area contributed by atoms with Crippen molar-refractivity contribution in [3.63, 3.8) is 0 Å². The highest BCUT2D eigenvalue weighted by Crippen LogP contribution is 2.25. The molecule has 0 bridgehead atoms. The van der Waals surface area contributed by atoms with Gasteiger partial charge in [-0.25, -0.2) is 0 Å². The maximum atomic E-state index is 8.93. The number of nitrogens with one attached hydrogen (secondary N) is 1. The van der Waals surface area contributed by atoms with Crippen molar-refractivity contribution in [2.45, 2.75) is 0 Å². The summed E-state index contributed by atoms with van der Waals surface area (Å²) in [5.74, 6) is 1.43. The molecule has 4 aromatic rings. The second kappa shape index (κ2) is 8.50. The van der Waals surface area contributed by atoms with Gasteiger partial charge in [-0.15, -0.1) is 4.98 Å². The van der Waals surface area contributed by atoms with Gasteiger partial charge in [0.1, 0.15) is 11.5 Å². The molecular weight excluding hydrogens is 366 g/mol. The van der Waals surface area contributed by atoms with Crippen molar-refractivity contribution in [1.82, 2.24) is 15.0 Å². The Morgan fingerprint density at radius 1 is 0.655 bits per heavy atom. The Balaban J connectivity index is 1.63. The standard InChI is InChI=1S/C22H15N5O2/c23-15-16-11-13-17(14-12-16)24-20-25-21(28-18-7-3-1-4-8-18)27-22(26-20)29-19-9-5-2-6-10-19/h1-14H,(H,24,25,26,27). The van der Waals surface area contributed by atoms with Crippen LogP contribution in [0.15, 0.2) is 84.9 Å². The van der Waals surface area contributed by atoms with Crippen LogP contribution in [0.5, 0.6) is 23.5 Å². The van der Waals surface area contributed by atoms with E-state index in [2.05, 4.69) is 26.3 Å². The van der Waals surface area contributed by atoms with Crippen molar-refractivity contribution in [3.05, 3.63) is 90.5 Å². The molecule has 0 aliphatic heterocycles. The first-order chi connectivity index (χ1) is 14.3. The van der Waals surface area contributed by atoms with E-state index in [1.165, 1.54) is 0 Å². The lowest BCUT2D eigenvalue weighted by Crippen LogP contribution is -2.03. The average molecular weight is 381 g/mol. The third kappa shape index (κ3) is 4.84. The van der Waals surface area contributed by atoms with Crippen LogP contribution in [-0.2, 0) is 0 Å². The molecule has 140 valence electrons. The minimum absolute atomic E-state index is 0.0910. The van der Waals surface area contributed by atoms with Gasteiger partial charge in [-0.1, -0.05) is 36.4 Å². The van der Waals surface area contributed by atoms with Gasteiger partial charge in [0.15, 0.2) is 0 Å². The van der Waals surface area contributed by atoms with Gasteiger partial charge in [0, 0.05) is 5.69 Å². The van der Waals surface area contributed by atoms with E-state index in [0.29, 0.717) is 22.7 Å². The first-order valence-electron chi connectivity index (χ1n) is 8.77.